The molecule has 6 heteroatoms. The van der Waals surface area contributed by atoms with Gasteiger partial charge in [-0.3, -0.25) is 9.69 Å². The highest BCUT2D eigenvalue weighted by molar-refractivity contribution is 7.80. The van der Waals surface area contributed by atoms with E-state index in [2.05, 4.69) is 10.2 Å². The van der Waals surface area contributed by atoms with Crippen molar-refractivity contribution >= 4 is 23.1 Å². The molecule has 2 saturated heterocycles. The van der Waals surface area contributed by atoms with Crippen molar-refractivity contribution < 1.29 is 9.53 Å². The van der Waals surface area contributed by atoms with Gasteiger partial charge in [0.1, 0.15) is 0 Å². The van der Waals surface area contributed by atoms with Crippen LogP contribution in [0, 0.1) is 0 Å². The van der Waals surface area contributed by atoms with E-state index in [-0.39, 0.29) is 18.0 Å². The third kappa shape index (κ3) is 4.40. The lowest BCUT2D eigenvalue weighted by Crippen LogP contribution is -2.52. The lowest BCUT2D eigenvalue weighted by molar-refractivity contribution is -0.124. The minimum atomic E-state index is 0.0788. The van der Waals surface area contributed by atoms with Crippen molar-refractivity contribution in [3.8, 4) is 0 Å². The zero-order chi connectivity index (χ0) is 13.7. The lowest BCUT2D eigenvalue weighted by atomic mass is 10.0. The second-order valence-corrected chi connectivity index (χ2v) is 5.81. The second-order valence-electron chi connectivity index (χ2n) is 5.34. The van der Waals surface area contributed by atoms with Gasteiger partial charge < -0.3 is 15.8 Å². The number of likely N-dealkylation sites (tertiary alicyclic amines) is 1. The van der Waals surface area contributed by atoms with E-state index in [1.165, 1.54) is 0 Å². The molecule has 108 valence electrons. The van der Waals surface area contributed by atoms with Crippen molar-refractivity contribution in [1.29, 1.82) is 0 Å². The number of carbonyl (C=O) groups is 1. The van der Waals surface area contributed by atoms with E-state index in [4.69, 9.17) is 22.7 Å². The van der Waals surface area contributed by atoms with Crippen molar-refractivity contribution in [3.63, 3.8) is 0 Å². The molecular weight excluding hydrogens is 262 g/mol. The average Bonchev–Trinajstić information content (AvgIpc) is 2.40. The molecule has 1 unspecified atom stereocenters. The summed E-state index contributed by atoms with van der Waals surface area (Å²) in [7, 11) is 0. The van der Waals surface area contributed by atoms with Gasteiger partial charge in [0.15, 0.2) is 0 Å². The molecule has 3 N–H and O–H groups in total. The van der Waals surface area contributed by atoms with Crippen molar-refractivity contribution in [2.45, 2.75) is 44.2 Å². The van der Waals surface area contributed by atoms with Crippen LogP contribution >= 0.6 is 12.2 Å². The van der Waals surface area contributed by atoms with Gasteiger partial charge in [0, 0.05) is 19.3 Å². The lowest BCUT2D eigenvalue weighted by Gasteiger charge is -2.35. The van der Waals surface area contributed by atoms with Crippen LogP contribution in [-0.2, 0) is 9.53 Å². The standard InChI is InChI=1S/C13H23N3O2S/c14-13(19)11-3-1-2-6-16(11)9-12(17)15-10-4-7-18-8-5-10/h10-11H,1-9H2,(H2,14,19)(H,15,17). The summed E-state index contributed by atoms with van der Waals surface area (Å²) in [5, 5.41) is 3.08. The van der Waals surface area contributed by atoms with Crippen LogP contribution in [0.4, 0.5) is 0 Å². The Morgan fingerprint density at radius 1 is 1.32 bits per heavy atom. The van der Waals surface area contributed by atoms with Crippen molar-refractivity contribution in [2.24, 2.45) is 5.73 Å². The molecule has 0 saturated carbocycles. The second kappa shape index (κ2) is 7.17. The zero-order valence-corrected chi connectivity index (χ0v) is 12.1. The number of rotatable bonds is 4. The van der Waals surface area contributed by atoms with Gasteiger partial charge in [0.25, 0.3) is 0 Å². The summed E-state index contributed by atoms with van der Waals surface area (Å²) in [5.74, 6) is 0.0788. The Labute approximate surface area is 119 Å². The Balaban J connectivity index is 1.80. The Morgan fingerprint density at radius 2 is 2.05 bits per heavy atom. The molecule has 1 amide bonds. The fraction of sp³-hybridized carbons (Fsp3) is 0.846. The average molecular weight is 285 g/mol. The molecule has 19 heavy (non-hydrogen) atoms. The molecule has 2 aliphatic rings. The number of hydrogen-bond acceptors (Lipinski definition) is 4. The minimum Gasteiger partial charge on any atom is -0.392 e. The van der Waals surface area contributed by atoms with E-state index in [1.807, 2.05) is 0 Å². The largest absolute Gasteiger partial charge is 0.392 e. The summed E-state index contributed by atoms with van der Waals surface area (Å²) in [5.41, 5.74) is 5.76. The molecule has 2 fully saturated rings. The maximum absolute atomic E-state index is 12.1. The van der Waals surface area contributed by atoms with Gasteiger partial charge in [-0.15, -0.1) is 0 Å². The maximum atomic E-state index is 12.1. The number of carbonyl (C=O) groups excluding carboxylic acids is 1. The first-order valence-electron chi connectivity index (χ1n) is 7.07. The van der Waals surface area contributed by atoms with E-state index in [0.717, 1.165) is 51.9 Å². The van der Waals surface area contributed by atoms with Crippen LogP contribution in [0.15, 0.2) is 0 Å². The number of ether oxygens (including phenoxy) is 1. The van der Waals surface area contributed by atoms with Crippen molar-refractivity contribution in [2.75, 3.05) is 26.3 Å². The maximum Gasteiger partial charge on any atom is 0.234 e. The highest BCUT2D eigenvalue weighted by Gasteiger charge is 2.27. The predicted molar refractivity (Wildman–Crippen MR) is 78.0 cm³/mol. The van der Waals surface area contributed by atoms with E-state index in [0.29, 0.717) is 11.5 Å². The molecule has 2 aliphatic heterocycles. The Hall–Kier alpha value is -0.720. The van der Waals surface area contributed by atoms with E-state index >= 15 is 0 Å². The molecule has 1 atom stereocenters. The van der Waals surface area contributed by atoms with E-state index in [1.54, 1.807) is 0 Å². The molecule has 0 aromatic rings. The number of nitrogens with one attached hydrogen (secondary N) is 1. The molecule has 2 heterocycles. The summed E-state index contributed by atoms with van der Waals surface area (Å²) in [6, 6.07) is 0.346. The Kier molecular flexibility index (Phi) is 5.54. The first-order chi connectivity index (χ1) is 9.16. The van der Waals surface area contributed by atoms with E-state index < -0.39 is 0 Å². The summed E-state index contributed by atoms with van der Waals surface area (Å²) < 4.78 is 5.28. The van der Waals surface area contributed by atoms with Gasteiger partial charge in [0.2, 0.25) is 5.91 Å². The number of amides is 1. The van der Waals surface area contributed by atoms with Gasteiger partial charge in [-0.05, 0) is 32.2 Å². The zero-order valence-electron chi connectivity index (χ0n) is 11.3. The highest BCUT2D eigenvalue weighted by Crippen LogP contribution is 2.17. The van der Waals surface area contributed by atoms with Gasteiger partial charge in [-0.2, -0.15) is 0 Å². The van der Waals surface area contributed by atoms with Crippen LogP contribution in [0.2, 0.25) is 0 Å². The molecule has 0 bridgehead atoms. The van der Waals surface area contributed by atoms with E-state index in [9.17, 15) is 4.79 Å². The quantitative estimate of drug-likeness (QED) is 0.733. The first-order valence-corrected chi connectivity index (χ1v) is 7.48. The first kappa shape index (κ1) is 14.7. The monoisotopic (exact) mass is 285 g/mol. The summed E-state index contributed by atoms with van der Waals surface area (Å²) in [4.78, 5) is 14.7. The third-order valence-corrected chi connectivity index (χ3v) is 4.15. The molecule has 2 rings (SSSR count). The third-order valence-electron chi connectivity index (χ3n) is 3.88. The van der Waals surface area contributed by atoms with Crippen LogP contribution in [-0.4, -0.2) is 54.2 Å². The topological polar surface area (TPSA) is 67.6 Å². The summed E-state index contributed by atoms with van der Waals surface area (Å²) in [6.45, 7) is 2.79. The Bertz CT molecular complexity index is 332. The van der Waals surface area contributed by atoms with Crippen LogP contribution in [0.1, 0.15) is 32.1 Å². The predicted octanol–water partition coefficient (Wildman–Crippen LogP) is 0.422. The molecule has 5 nitrogen and oxygen atoms in total. The number of thiocarbonyl (C=S) groups is 1. The van der Waals surface area contributed by atoms with Crippen molar-refractivity contribution in [3.05, 3.63) is 0 Å². The summed E-state index contributed by atoms with van der Waals surface area (Å²) >= 11 is 5.09. The molecule has 0 aliphatic carbocycles. The number of piperidine rings is 1. The summed E-state index contributed by atoms with van der Waals surface area (Å²) in [6.07, 6.45) is 5.04. The molecular formula is C13H23N3O2S. The minimum absolute atomic E-state index is 0.0788. The van der Waals surface area contributed by atoms with Crippen LogP contribution < -0.4 is 11.1 Å². The van der Waals surface area contributed by atoms with Gasteiger partial charge in [-0.25, -0.2) is 0 Å². The fourth-order valence-corrected chi connectivity index (χ4v) is 3.07. The van der Waals surface area contributed by atoms with Gasteiger partial charge >= 0.3 is 0 Å². The van der Waals surface area contributed by atoms with Gasteiger partial charge in [-0.1, -0.05) is 18.6 Å². The smallest absolute Gasteiger partial charge is 0.234 e. The fourth-order valence-electron chi connectivity index (χ4n) is 2.80. The van der Waals surface area contributed by atoms with Gasteiger partial charge in [0.05, 0.1) is 17.6 Å². The molecule has 0 spiro atoms. The van der Waals surface area contributed by atoms with Crippen LogP contribution in [0.3, 0.4) is 0 Å². The van der Waals surface area contributed by atoms with Crippen LogP contribution in [0.25, 0.3) is 0 Å². The number of nitrogens with two attached hydrogens (primary N) is 1. The normalized spacial score (nSPS) is 26.0. The SMILES string of the molecule is NC(=S)C1CCCCN1CC(=O)NC1CCOCC1. The van der Waals surface area contributed by atoms with Crippen molar-refractivity contribution in [1.82, 2.24) is 10.2 Å². The Morgan fingerprint density at radius 3 is 2.74 bits per heavy atom. The number of nitrogens with zero attached hydrogens (tertiary/aromatic N) is 1. The molecule has 0 aromatic carbocycles. The van der Waals surface area contributed by atoms with Crippen LogP contribution in [0.5, 0.6) is 0 Å². The number of hydrogen-bond donors (Lipinski definition) is 2. The molecule has 0 aromatic heterocycles. The molecule has 0 radical (unpaired) electrons. The highest BCUT2D eigenvalue weighted by atomic mass is 32.1.